The van der Waals surface area contributed by atoms with E-state index >= 15 is 0 Å². The first-order chi connectivity index (χ1) is 7.81. The van der Waals surface area contributed by atoms with Crippen LogP contribution in [0.1, 0.15) is 24.3 Å². The molecule has 0 aliphatic heterocycles. The molecular formula is C12H14N2O2. The summed E-state index contributed by atoms with van der Waals surface area (Å²) < 4.78 is 10.6. The minimum atomic E-state index is 0.629. The number of rotatable bonds is 4. The van der Waals surface area contributed by atoms with E-state index in [0.29, 0.717) is 11.9 Å². The molecule has 0 saturated heterocycles. The third kappa shape index (κ3) is 2.02. The number of nitrogens with zero attached hydrogens (tertiary/aromatic N) is 1. The summed E-state index contributed by atoms with van der Waals surface area (Å²) >= 11 is 0. The highest BCUT2D eigenvalue weighted by atomic mass is 16.3. The van der Waals surface area contributed by atoms with Crippen LogP contribution in [0.4, 0.5) is 0 Å². The molecule has 1 saturated carbocycles. The lowest BCUT2D eigenvalue weighted by atomic mass is 10.3. The Morgan fingerprint density at radius 1 is 1.38 bits per heavy atom. The summed E-state index contributed by atoms with van der Waals surface area (Å²) in [5, 5.41) is 3.40. The normalized spacial score (nSPS) is 15.6. The summed E-state index contributed by atoms with van der Waals surface area (Å²) in [5.41, 5.74) is 1.84. The average Bonchev–Trinajstić information content (AvgIpc) is 2.81. The number of nitrogens with one attached hydrogen (secondary N) is 1. The molecule has 2 aromatic heterocycles. The van der Waals surface area contributed by atoms with Gasteiger partial charge in [-0.25, -0.2) is 4.98 Å². The van der Waals surface area contributed by atoms with E-state index in [1.54, 1.807) is 12.5 Å². The van der Waals surface area contributed by atoms with Gasteiger partial charge in [-0.2, -0.15) is 0 Å². The highest BCUT2D eigenvalue weighted by Crippen LogP contribution is 2.22. The molecule has 0 unspecified atom stereocenters. The maximum Gasteiger partial charge on any atom is 0.229 e. The fourth-order valence-corrected chi connectivity index (χ4v) is 1.61. The van der Waals surface area contributed by atoms with E-state index in [1.165, 1.54) is 12.8 Å². The molecule has 0 aromatic carbocycles. The quantitative estimate of drug-likeness (QED) is 0.856. The summed E-state index contributed by atoms with van der Waals surface area (Å²) in [7, 11) is 0. The van der Waals surface area contributed by atoms with Crippen LogP contribution in [0.3, 0.4) is 0 Å². The van der Waals surface area contributed by atoms with Gasteiger partial charge in [0, 0.05) is 12.6 Å². The van der Waals surface area contributed by atoms with Crippen molar-refractivity contribution in [2.45, 2.75) is 32.4 Å². The molecule has 1 aliphatic rings. The number of aromatic nitrogens is 1. The van der Waals surface area contributed by atoms with Crippen molar-refractivity contribution in [3.63, 3.8) is 0 Å². The van der Waals surface area contributed by atoms with E-state index in [-0.39, 0.29) is 0 Å². The number of oxazole rings is 1. The number of aryl methyl sites for hydroxylation is 1. The Morgan fingerprint density at radius 3 is 2.94 bits per heavy atom. The highest BCUT2D eigenvalue weighted by Gasteiger charge is 2.20. The second-order valence-corrected chi connectivity index (χ2v) is 4.25. The van der Waals surface area contributed by atoms with E-state index in [1.807, 2.05) is 13.0 Å². The van der Waals surface area contributed by atoms with Gasteiger partial charge in [0.25, 0.3) is 0 Å². The van der Waals surface area contributed by atoms with Crippen molar-refractivity contribution >= 4 is 0 Å². The van der Waals surface area contributed by atoms with Gasteiger partial charge in [0.05, 0.1) is 11.3 Å². The van der Waals surface area contributed by atoms with Gasteiger partial charge in [-0.15, -0.1) is 0 Å². The summed E-state index contributed by atoms with van der Waals surface area (Å²) in [6.45, 7) is 2.69. The van der Waals surface area contributed by atoms with Crippen molar-refractivity contribution in [3.05, 3.63) is 30.0 Å². The van der Waals surface area contributed by atoms with Gasteiger partial charge in [-0.3, -0.25) is 0 Å². The Labute approximate surface area is 93.7 Å². The molecule has 84 valence electrons. The number of hydrogen-bond donors (Lipinski definition) is 1. The average molecular weight is 218 g/mol. The number of furan rings is 1. The van der Waals surface area contributed by atoms with Gasteiger partial charge >= 0.3 is 0 Å². The summed E-state index contributed by atoms with van der Waals surface area (Å²) in [5.74, 6) is 1.50. The Balaban J connectivity index is 1.71. The summed E-state index contributed by atoms with van der Waals surface area (Å²) in [4.78, 5) is 4.40. The van der Waals surface area contributed by atoms with Crippen molar-refractivity contribution in [2.75, 3.05) is 0 Å². The highest BCUT2D eigenvalue weighted by molar-refractivity contribution is 5.51. The van der Waals surface area contributed by atoms with Gasteiger partial charge in [0.2, 0.25) is 5.89 Å². The van der Waals surface area contributed by atoms with Gasteiger partial charge in [-0.05, 0) is 25.8 Å². The largest absolute Gasteiger partial charge is 0.469 e. The first kappa shape index (κ1) is 9.66. The van der Waals surface area contributed by atoms with Gasteiger partial charge < -0.3 is 14.2 Å². The van der Waals surface area contributed by atoms with E-state index in [9.17, 15) is 0 Å². The van der Waals surface area contributed by atoms with E-state index in [4.69, 9.17) is 8.83 Å². The SMILES string of the molecule is Cc1cc(-c2nc(CNC3CC3)co2)co1. The van der Waals surface area contributed by atoms with Crippen LogP contribution in [0.5, 0.6) is 0 Å². The van der Waals surface area contributed by atoms with Crippen LogP contribution >= 0.6 is 0 Å². The zero-order valence-corrected chi connectivity index (χ0v) is 9.19. The molecule has 4 heteroatoms. The second kappa shape index (κ2) is 3.79. The monoisotopic (exact) mass is 218 g/mol. The Morgan fingerprint density at radius 2 is 2.25 bits per heavy atom. The zero-order valence-electron chi connectivity index (χ0n) is 9.19. The van der Waals surface area contributed by atoms with Crippen LogP contribution < -0.4 is 5.32 Å². The molecule has 2 heterocycles. The summed E-state index contributed by atoms with van der Waals surface area (Å²) in [6.07, 6.45) is 5.93. The van der Waals surface area contributed by atoms with Crippen LogP contribution in [0, 0.1) is 6.92 Å². The second-order valence-electron chi connectivity index (χ2n) is 4.25. The molecule has 0 bridgehead atoms. The van der Waals surface area contributed by atoms with Crippen molar-refractivity contribution in [3.8, 4) is 11.5 Å². The summed E-state index contributed by atoms with van der Waals surface area (Å²) in [6, 6.07) is 2.61. The third-order valence-corrected chi connectivity index (χ3v) is 2.68. The van der Waals surface area contributed by atoms with Crippen molar-refractivity contribution in [2.24, 2.45) is 0 Å². The Hall–Kier alpha value is -1.55. The van der Waals surface area contributed by atoms with Crippen molar-refractivity contribution in [1.82, 2.24) is 10.3 Å². The zero-order chi connectivity index (χ0) is 11.0. The lowest BCUT2D eigenvalue weighted by molar-refractivity contribution is 0.531. The molecule has 0 amide bonds. The molecule has 0 radical (unpaired) electrons. The fourth-order valence-electron chi connectivity index (χ4n) is 1.61. The van der Waals surface area contributed by atoms with Crippen molar-refractivity contribution < 1.29 is 8.83 Å². The van der Waals surface area contributed by atoms with Gasteiger partial charge in [0.1, 0.15) is 18.3 Å². The molecule has 0 spiro atoms. The van der Waals surface area contributed by atoms with Crippen LogP contribution in [-0.4, -0.2) is 11.0 Å². The first-order valence-corrected chi connectivity index (χ1v) is 5.54. The fraction of sp³-hybridized carbons (Fsp3) is 0.417. The Kier molecular flexibility index (Phi) is 2.29. The van der Waals surface area contributed by atoms with Crippen LogP contribution in [0.25, 0.3) is 11.5 Å². The molecule has 4 nitrogen and oxygen atoms in total. The lowest BCUT2D eigenvalue weighted by Crippen LogP contribution is -2.15. The predicted molar refractivity (Wildman–Crippen MR) is 58.8 cm³/mol. The third-order valence-electron chi connectivity index (χ3n) is 2.68. The molecular weight excluding hydrogens is 204 g/mol. The molecule has 16 heavy (non-hydrogen) atoms. The molecule has 3 rings (SSSR count). The minimum Gasteiger partial charge on any atom is -0.469 e. The van der Waals surface area contributed by atoms with Gasteiger partial charge in [0.15, 0.2) is 0 Å². The maximum atomic E-state index is 5.41. The van der Waals surface area contributed by atoms with E-state index < -0.39 is 0 Å². The van der Waals surface area contributed by atoms with Crippen molar-refractivity contribution in [1.29, 1.82) is 0 Å². The number of hydrogen-bond acceptors (Lipinski definition) is 4. The van der Waals surface area contributed by atoms with Gasteiger partial charge in [-0.1, -0.05) is 0 Å². The first-order valence-electron chi connectivity index (χ1n) is 5.54. The molecule has 1 aliphatic carbocycles. The topological polar surface area (TPSA) is 51.2 Å². The lowest BCUT2D eigenvalue weighted by Gasteiger charge is -1.95. The van der Waals surface area contributed by atoms with Crippen LogP contribution in [0.2, 0.25) is 0 Å². The standard InChI is InChI=1S/C12H14N2O2/c1-8-4-9(6-15-8)12-14-11(7-16-12)5-13-10-2-3-10/h4,6-7,10,13H,2-3,5H2,1H3. The van der Waals surface area contributed by atoms with Crippen LogP contribution in [0.15, 0.2) is 27.4 Å². The Bertz CT molecular complexity index is 483. The predicted octanol–water partition coefficient (Wildman–Crippen LogP) is 2.50. The molecule has 1 N–H and O–H groups in total. The molecule has 0 atom stereocenters. The van der Waals surface area contributed by atoms with Crippen LogP contribution in [-0.2, 0) is 6.54 Å². The molecule has 1 fully saturated rings. The minimum absolute atomic E-state index is 0.629. The maximum absolute atomic E-state index is 5.41. The molecule has 2 aromatic rings. The smallest absolute Gasteiger partial charge is 0.229 e. The van der Waals surface area contributed by atoms with E-state index in [2.05, 4.69) is 10.3 Å². The van der Waals surface area contributed by atoms with E-state index in [0.717, 1.165) is 23.6 Å².